The Labute approximate surface area is 155 Å². The van der Waals surface area contributed by atoms with Gasteiger partial charge < -0.3 is 36.1 Å². The van der Waals surface area contributed by atoms with E-state index in [9.17, 15) is 35.5 Å². The molecule has 0 spiro atoms. The average molecular weight is 386 g/mol. The molecule has 5 N–H and O–H groups in total. The second-order valence-corrected chi connectivity index (χ2v) is 6.50. The lowest BCUT2D eigenvalue weighted by Gasteiger charge is -2.38. The molecule has 0 radical (unpaired) electrons. The van der Waals surface area contributed by atoms with E-state index < -0.39 is 28.9 Å². The largest absolute Gasteiger partial charge is 0.769 e. The summed E-state index contributed by atoms with van der Waals surface area (Å²) < 4.78 is 5.00. The predicted octanol–water partition coefficient (Wildman–Crippen LogP) is 1.85. The van der Waals surface area contributed by atoms with Crippen molar-refractivity contribution >= 4 is 29.1 Å². The highest BCUT2D eigenvalue weighted by Gasteiger charge is 2.23. The third-order valence-corrected chi connectivity index (χ3v) is 3.15. The minimum Gasteiger partial charge on any atom is -0.769 e. The van der Waals surface area contributed by atoms with Crippen LogP contribution < -0.4 is 21.1 Å². The molecule has 12 heteroatoms. The molecule has 1 aromatic rings. The lowest BCUT2D eigenvalue weighted by atomic mass is 10.2. The molecule has 0 bridgehead atoms. The summed E-state index contributed by atoms with van der Waals surface area (Å²) in [5, 5.41) is 53.0. The molecule has 1 aromatic carbocycles. The number of amides is 1. The Balaban J connectivity index is 2.73. The topological polar surface area (TPSA) is 181 Å². The lowest BCUT2D eigenvalue weighted by molar-refractivity contribution is -0.139. The number of carboxylic acid groups (broad SMARTS) is 1. The van der Waals surface area contributed by atoms with Gasteiger partial charge in [-0.2, -0.15) is 0 Å². The van der Waals surface area contributed by atoms with Crippen molar-refractivity contribution in [2.75, 3.05) is 22.3 Å². The van der Waals surface area contributed by atoms with Gasteiger partial charge in [0.1, 0.15) is 17.3 Å². The Bertz CT molecular complexity index is 660. The van der Waals surface area contributed by atoms with Crippen LogP contribution in [0.25, 0.3) is 0 Å². The van der Waals surface area contributed by atoms with Gasteiger partial charge in [-0.15, -0.1) is 5.23 Å². The van der Waals surface area contributed by atoms with Crippen LogP contribution >= 0.6 is 0 Å². The third-order valence-electron chi connectivity index (χ3n) is 3.15. The number of benzene rings is 1. The maximum absolute atomic E-state index is 11.7. The molecule has 12 nitrogen and oxygen atoms in total. The summed E-state index contributed by atoms with van der Waals surface area (Å²) in [5.74, 6) is -1.28. The summed E-state index contributed by atoms with van der Waals surface area (Å²) >= 11 is 0. The van der Waals surface area contributed by atoms with E-state index in [1.54, 1.807) is 20.8 Å². The number of alkyl carbamates (subject to hydrolysis) is 1. The standard InChI is InChI=1S/C15H22N4O8/c1-15(2,3)27-14(22)17-11(13(20)21)6-7-16-10-5-4-9(18(23)24)8-12(10)19(25)26/h4-5,8,11,16,25-26H,6-7H2,1-3H3,(H,17,22)(H,20,21)/q-2. The smallest absolute Gasteiger partial charge is 0.408 e. The van der Waals surface area contributed by atoms with Crippen LogP contribution in [0.2, 0.25) is 0 Å². The summed E-state index contributed by atoms with van der Waals surface area (Å²) in [6, 6.07) is 2.05. The highest BCUT2D eigenvalue weighted by Crippen LogP contribution is 2.29. The van der Waals surface area contributed by atoms with Crippen LogP contribution in [-0.2, 0) is 9.53 Å². The number of anilines is 3. The van der Waals surface area contributed by atoms with Gasteiger partial charge in [-0.05, 0) is 45.4 Å². The summed E-state index contributed by atoms with van der Waals surface area (Å²) in [4.78, 5) is 23.0. The van der Waals surface area contributed by atoms with E-state index >= 15 is 0 Å². The Morgan fingerprint density at radius 1 is 1.26 bits per heavy atom. The normalized spacial score (nSPS) is 12.1. The fraction of sp³-hybridized carbons (Fsp3) is 0.467. The molecule has 0 fully saturated rings. The van der Waals surface area contributed by atoms with Crippen LogP contribution in [0.1, 0.15) is 27.2 Å². The van der Waals surface area contributed by atoms with Gasteiger partial charge >= 0.3 is 12.1 Å². The minimum atomic E-state index is -1.28. The molecule has 0 aliphatic rings. The highest BCUT2D eigenvalue weighted by atomic mass is 16.8. The molecule has 0 aromatic heterocycles. The van der Waals surface area contributed by atoms with Crippen LogP contribution in [0.4, 0.5) is 21.9 Å². The number of rotatable bonds is 8. The Kier molecular flexibility index (Phi) is 7.60. The molecule has 152 valence electrons. The molecule has 0 aliphatic heterocycles. The molecule has 1 atom stereocenters. The second-order valence-electron chi connectivity index (χ2n) is 6.50. The van der Waals surface area contributed by atoms with Crippen LogP contribution in [0, 0.1) is 10.4 Å². The van der Waals surface area contributed by atoms with Crippen molar-refractivity contribution in [3.63, 3.8) is 0 Å². The van der Waals surface area contributed by atoms with Crippen molar-refractivity contribution in [2.45, 2.75) is 38.8 Å². The zero-order valence-corrected chi connectivity index (χ0v) is 15.0. The molecule has 1 rings (SSSR count). The van der Waals surface area contributed by atoms with E-state index in [1.807, 2.05) is 0 Å². The van der Waals surface area contributed by atoms with Gasteiger partial charge in [-0.25, -0.2) is 9.59 Å². The van der Waals surface area contributed by atoms with Crippen LogP contribution in [0.3, 0.4) is 0 Å². The number of nitrogens with zero attached hydrogens (tertiary/aromatic N) is 2. The molecular weight excluding hydrogens is 364 g/mol. The molecule has 0 saturated heterocycles. The number of nitrogens with one attached hydrogen (secondary N) is 2. The summed E-state index contributed by atoms with van der Waals surface area (Å²) in [7, 11) is 0. The van der Waals surface area contributed by atoms with Gasteiger partial charge in [-0.1, -0.05) is 0 Å². The zero-order valence-electron chi connectivity index (χ0n) is 15.0. The number of carboxylic acids is 1. The number of carbonyl (C=O) groups is 2. The maximum atomic E-state index is 11.7. The lowest BCUT2D eigenvalue weighted by Crippen LogP contribution is -2.44. The van der Waals surface area contributed by atoms with E-state index in [4.69, 9.17) is 4.74 Å². The summed E-state index contributed by atoms with van der Waals surface area (Å²) in [6.07, 6.45) is -0.954. The molecule has 27 heavy (non-hydrogen) atoms. The zero-order chi connectivity index (χ0) is 20.8. The average Bonchev–Trinajstić information content (AvgIpc) is 2.51. The number of hydrogen-bond acceptors (Lipinski definition) is 10. The minimum absolute atomic E-state index is 0.00537. The van der Waals surface area contributed by atoms with Crippen molar-refractivity contribution in [3.8, 4) is 0 Å². The Morgan fingerprint density at radius 3 is 2.37 bits per heavy atom. The second kappa shape index (κ2) is 9.23. The maximum Gasteiger partial charge on any atom is 0.408 e. The first kappa shape index (κ1) is 22.2. The highest BCUT2D eigenvalue weighted by molar-refractivity contribution is 5.80. The number of carbonyl (C=O) groups excluding carboxylic acids is 1. The summed E-state index contributed by atoms with van der Waals surface area (Å²) in [6.45, 7) is 4.91. The van der Waals surface area contributed by atoms with E-state index in [2.05, 4.69) is 10.6 Å². The number of aliphatic carboxylic acids is 1. The van der Waals surface area contributed by atoms with Crippen LogP contribution in [-0.4, -0.2) is 45.8 Å². The quantitative estimate of drug-likeness (QED) is 0.411. The molecule has 0 saturated carbocycles. The Morgan fingerprint density at radius 2 is 1.89 bits per heavy atom. The number of ether oxygens (including phenoxy) is 1. The first-order valence-electron chi connectivity index (χ1n) is 7.83. The predicted molar refractivity (Wildman–Crippen MR) is 95.6 cm³/mol. The SMILES string of the molecule is CC(C)(C)OC(=O)NC(CCNc1ccc(N([O-])[O-])cc1N(O)O)C(=O)O. The van der Waals surface area contributed by atoms with E-state index in [-0.39, 0.29) is 35.3 Å². The van der Waals surface area contributed by atoms with Crippen molar-refractivity contribution in [3.05, 3.63) is 28.6 Å². The molecule has 1 unspecified atom stereocenters. The Hall–Kier alpha value is -2.80. The van der Waals surface area contributed by atoms with Crippen molar-refractivity contribution < 1.29 is 29.8 Å². The third kappa shape index (κ3) is 7.53. The van der Waals surface area contributed by atoms with Gasteiger partial charge in [0.05, 0.1) is 5.69 Å². The van der Waals surface area contributed by atoms with E-state index in [0.717, 1.165) is 12.1 Å². The monoisotopic (exact) mass is 386 g/mol. The molecule has 1 amide bonds. The first-order chi connectivity index (χ1) is 12.4. The fourth-order valence-corrected chi connectivity index (χ4v) is 2.01. The summed E-state index contributed by atoms with van der Waals surface area (Å²) in [5.41, 5.74) is -1.33. The van der Waals surface area contributed by atoms with Gasteiger partial charge in [0.2, 0.25) is 0 Å². The first-order valence-corrected chi connectivity index (χ1v) is 7.83. The fourth-order valence-electron chi connectivity index (χ4n) is 2.01. The van der Waals surface area contributed by atoms with Crippen molar-refractivity contribution in [2.24, 2.45) is 0 Å². The van der Waals surface area contributed by atoms with E-state index in [1.165, 1.54) is 6.07 Å². The van der Waals surface area contributed by atoms with Crippen molar-refractivity contribution in [1.29, 1.82) is 0 Å². The molecule has 0 heterocycles. The van der Waals surface area contributed by atoms with Gasteiger partial charge in [0.25, 0.3) is 0 Å². The van der Waals surface area contributed by atoms with Gasteiger partial charge in [-0.3, -0.25) is 10.4 Å². The van der Waals surface area contributed by atoms with Gasteiger partial charge in [0, 0.05) is 12.2 Å². The van der Waals surface area contributed by atoms with E-state index in [0.29, 0.717) is 0 Å². The van der Waals surface area contributed by atoms with Crippen LogP contribution in [0.5, 0.6) is 0 Å². The molecule has 0 aliphatic carbocycles. The molecular formula is C15H22N4O8-2. The number of hydrogen-bond donors (Lipinski definition) is 5. The van der Waals surface area contributed by atoms with Crippen LogP contribution in [0.15, 0.2) is 18.2 Å². The van der Waals surface area contributed by atoms with Gasteiger partial charge in [0.15, 0.2) is 0 Å². The van der Waals surface area contributed by atoms with Crippen molar-refractivity contribution in [1.82, 2.24) is 5.32 Å².